The Morgan fingerprint density at radius 2 is 1.92 bits per heavy atom. The van der Waals surface area contributed by atoms with Crippen LogP contribution in [0.3, 0.4) is 0 Å². The van der Waals surface area contributed by atoms with Gasteiger partial charge in [0.2, 0.25) is 15.9 Å². The van der Waals surface area contributed by atoms with Gasteiger partial charge in [-0.2, -0.15) is 9.57 Å². The van der Waals surface area contributed by atoms with Gasteiger partial charge in [0.25, 0.3) is 0 Å². The normalized spacial score (nSPS) is 15.9. The molecule has 1 aliphatic rings. The summed E-state index contributed by atoms with van der Waals surface area (Å²) in [5, 5.41) is 17.8. The molecule has 0 bridgehead atoms. The molecule has 2 rings (SSSR count). The lowest BCUT2D eigenvalue weighted by Gasteiger charge is -2.34. The van der Waals surface area contributed by atoms with Crippen molar-refractivity contribution in [1.29, 1.82) is 5.26 Å². The first kappa shape index (κ1) is 18.7. The standard InChI is InChI=1S/C15H19N3O4S2/c16-11-13-3-1-2-4-14(13)24(21,22)18-7-5-17(6-8-18)15(20)12-23-10-9-19/h1-4,19H,5-10,12H2. The first-order valence-corrected chi connectivity index (χ1v) is 10.1. The average Bonchev–Trinajstić information content (AvgIpc) is 2.62. The van der Waals surface area contributed by atoms with Gasteiger partial charge in [-0.25, -0.2) is 8.42 Å². The van der Waals surface area contributed by atoms with Gasteiger partial charge in [0, 0.05) is 31.9 Å². The van der Waals surface area contributed by atoms with Crippen molar-refractivity contribution < 1.29 is 18.3 Å². The third kappa shape index (κ3) is 4.27. The quantitative estimate of drug-likeness (QED) is 0.715. The summed E-state index contributed by atoms with van der Waals surface area (Å²) in [7, 11) is -3.74. The van der Waals surface area contributed by atoms with E-state index in [9.17, 15) is 13.2 Å². The molecule has 1 fully saturated rings. The van der Waals surface area contributed by atoms with E-state index in [-0.39, 0.29) is 41.8 Å². The molecule has 7 nitrogen and oxygen atoms in total. The fraction of sp³-hybridized carbons (Fsp3) is 0.467. The maximum absolute atomic E-state index is 12.7. The fourth-order valence-corrected chi connectivity index (χ4v) is 4.61. The largest absolute Gasteiger partial charge is 0.396 e. The molecule has 1 aromatic carbocycles. The van der Waals surface area contributed by atoms with Crippen LogP contribution in [-0.4, -0.2) is 72.9 Å². The van der Waals surface area contributed by atoms with Crippen molar-refractivity contribution in [2.45, 2.75) is 4.90 Å². The number of aliphatic hydroxyl groups is 1. The summed E-state index contributed by atoms with van der Waals surface area (Å²) in [4.78, 5) is 13.6. The lowest BCUT2D eigenvalue weighted by molar-refractivity contribution is -0.129. The van der Waals surface area contributed by atoms with Gasteiger partial charge >= 0.3 is 0 Å². The molecule has 0 aromatic heterocycles. The SMILES string of the molecule is N#Cc1ccccc1S(=O)(=O)N1CCN(C(=O)CSCCO)CC1. The molecule has 0 atom stereocenters. The van der Waals surface area contributed by atoms with Gasteiger partial charge in [-0.3, -0.25) is 4.79 Å². The van der Waals surface area contributed by atoms with Crippen LogP contribution in [0, 0.1) is 11.3 Å². The van der Waals surface area contributed by atoms with Gasteiger partial charge in [0.05, 0.1) is 22.8 Å². The number of nitrogens with zero attached hydrogens (tertiary/aromatic N) is 3. The monoisotopic (exact) mass is 369 g/mol. The minimum atomic E-state index is -3.74. The van der Waals surface area contributed by atoms with E-state index in [2.05, 4.69) is 0 Å². The van der Waals surface area contributed by atoms with Crippen molar-refractivity contribution in [3.8, 4) is 6.07 Å². The van der Waals surface area contributed by atoms with Crippen molar-refractivity contribution in [3.63, 3.8) is 0 Å². The van der Waals surface area contributed by atoms with E-state index in [1.165, 1.54) is 28.2 Å². The summed E-state index contributed by atoms with van der Waals surface area (Å²) in [6.07, 6.45) is 0. The third-order valence-corrected chi connectivity index (χ3v) is 6.56. The highest BCUT2D eigenvalue weighted by Crippen LogP contribution is 2.21. The van der Waals surface area contributed by atoms with E-state index in [4.69, 9.17) is 10.4 Å². The Kier molecular flexibility index (Phi) is 6.62. The molecule has 0 unspecified atom stereocenters. The second-order valence-corrected chi connectivity index (χ2v) is 8.18. The zero-order chi connectivity index (χ0) is 17.6. The van der Waals surface area contributed by atoms with E-state index in [1.807, 2.05) is 6.07 Å². The lowest BCUT2D eigenvalue weighted by atomic mass is 10.2. The van der Waals surface area contributed by atoms with Gasteiger partial charge in [-0.15, -0.1) is 11.8 Å². The topological polar surface area (TPSA) is 102 Å². The Balaban J connectivity index is 2.01. The summed E-state index contributed by atoms with van der Waals surface area (Å²) in [5.74, 6) is 0.734. The molecule has 1 amide bonds. The molecule has 0 radical (unpaired) electrons. The molecule has 1 heterocycles. The minimum absolute atomic E-state index is 0.00535. The van der Waals surface area contributed by atoms with E-state index in [1.54, 1.807) is 17.0 Å². The smallest absolute Gasteiger partial charge is 0.244 e. The Labute approximate surface area is 145 Å². The predicted octanol–water partition coefficient (Wildman–Crippen LogP) is 0.117. The first-order chi connectivity index (χ1) is 11.5. The van der Waals surface area contributed by atoms with Crippen LogP contribution in [0.15, 0.2) is 29.2 Å². The van der Waals surface area contributed by atoms with Crippen LogP contribution in [0.2, 0.25) is 0 Å². The Morgan fingerprint density at radius 3 is 2.54 bits per heavy atom. The van der Waals surface area contributed by atoms with Crippen LogP contribution >= 0.6 is 11.8 Å². The van der Waals surface area contributed by atoms with E-state index >= 15 is 0 Å². The molecular weight excluding hydrogens is 350 g/mol. The maximum Gasteiger partial charge on any atom is 0.244 e. The zero-order valence-corrected chi connectivity index (χ0v) is 14.7. The number of amides is 1. The zero-order valence-electron chi connectivity index (χ0n) is 13.1. The van der Waals surface area contributed by atoms with Crippen LogP contribution < -0.4 is 0 Å². The maximum atomic E-state index is 12.7. The van der Waals surface area contributed by atoms with Crippen molar-refractivity contribution >= 4 is 27.7 Å². The fourth-order valence-electron chi connectivity index (χ4n) is 2.42. The molecule has 130 valence electrons. The van der Waals surface area contributed by atoms with E-state index in [0.717, 1.165) is 0 Å². The van der Waals surface area contributed by atoms with Crippen LogP contribution in [0.5, 0.6) is 0 Å². The number of piperazine rings is 1. The summed E-state index contributed by atoms with van der Waals surface area (Å²) in [5.41, 5.74) is 0.122. The second-order valence-electron chi connectivity index (χ2n) is 5.17. The summed E-state index contributed by atoms with van der Waals surface area (Å²) >= 11 is 1.35. The van der Waals surface area contributed by atoms with Gasteiger partial charge in [-0.05, 0) is 12.1 Å². The number of hydrogen-bond acceptors (Lipinski definition) is 6. The number of thioether (sulfide) groups is 1. The highest BCUT2D eigenvalue weighted by atomic mass is 32.2. The number of sulfonamides is 1. The lowest BCUT2D eigenvalue weighted by Crippen LogP contribution is -2.51. The van der Waals surface area contributed by atoms with Crippen molar-refractivity contribution in [1.82, 2.24) is 9.21 Å². The molecule has 24 heavy (non-hydrogen) atoms. The summed E-state index contributed by atoms with van der Waals surface area (Å²) in [6, 6.07) is 8.02. The van der Waals surface area contributed by atoms with Crippen LogP contribution in [0.4, 0.5) is 0 Å². The Hall–Kier alpha value is -1.60. The highest BCUT2D eigenvalue weighted by molar-refractivity contribution is 7.99. The number of carbonyl (C=O) groups excluding carboxylic acids is 1. The Morgan fingerprint density at radius 1 is 1.25 bits per heavy atom. The third-order valence-electron chi connectivity index (χ3n) is 3.68. The van der Waals surface area contributed by atoms with Crippen molar-refractivity contribution in [3.05, 3.63) is 29.8 Å². The number of hydrogen-bond donors (Lipinski definition) is 1. The average molecular weight is 369 g/mol. The molecule has 1 aliphatic heterocycles. The van der Waals surface area contributed by atoms with Gasteiger partial charge in [-0.1, -0.05) is 12.1 Å². The van der Waals surface area contributed by atoms with Gasteiger partial charge < -0.3 is 10.0 Å². The minimum Gasteiger partial charge on any atom is -0.396 e. The second kappa shape index (κ2) is 8.48. The molecule has 9 heteroatoms. The first-order valence-electron chi connectivity index (χ1n) is 7.46. The number of rotatable bonds is 6. The van der Waals surface area contributed by atoms with Crippen LogP contribution in [0.25, 0.3) is 0 Å². The molecular formula is C15H19N3O4S2. The molecule has 0 saturated carbocycles. The molecule has 1 aromatic rings. The molecule has 0 aliphatic carbocycles. The van der Waals surface area contributed by atoms with Gasteiger partial charge in [0.15, 0.2) is 0 Å². The summed E-state index contributed by atoms with van der Waals surface area (Å²) in [6.45, 7) is 1.10. The molecule has 0 spiro atoms. The predicted molar refractivity (Wildman–Crippen MR) is 90.9 cm³/mol. The van der Waals surface area contributed by atoms with Gasteiger partial charge in [0.1, 0.15) is 6.07 Å². The van der Waals surface area contributed by atoms with E-state index in [0.29, 0.717) is 18.8 Å². The van der Waals surface area contributed by atoms with Crippen molar-refractivity contribution in [2.24, 2.45) is 0 Å². The molecule has 1 N–H and O–H groups in total. The molecule has 1 saturated heterocycles. The number of aliphatic hydroxyl groups excluding tert-OH is 1. The Bertz CT molecular complexity index is 722. The van der Waals surface area contributed by atoms with Crippen LogP contribution in [0.1, 0.15) is 5.56 Å². The number of carbonyl (C=O) groups is 1. The number of benzene rings is 1. The highest BCUT2D eigenvalue weighted by Gasteiger charge is 2.31. The van der Waals surface area contributed by atoms with E-state index < -0.39 is 10.0 Å². The van der Waals surface area contributed by atoms with Crippen LogP contribution in [-0.2, 0) is 14.8 Å². The van der Waals surface area contributed by atoms with Crippen molar-refractivity contribution in [2.75, 3.05) is 44.3 Å². The number of nitriles is 1. The summed E-state index contributed by atoms with van der Waals surface area (Å²) < 4.78 is 26.7.